The SMILES string of the molecule is Cc1cc2cc(NC(=O)c3ccc(Cl)cc3)ccc2[nH]1. The van der Waals surface area contributed by atoms with Gasteiger partial charge in [0.25, 0.3) is 5.91 Å². The van der Waals surface area contributed by atoms with Crippen molar-refractivity contribution >= 4 is 34.1 Å². The van der Waals surface area contributed by atoms with Gasteiger partial charge in [0.1, 0.15) is 0 Å². The van der Waals surface area contributed by atoms with Crippen LogP contribution in [-0.2, 0) is 0 Å². The van der Waals surface area contributed by atoms with E-state index in [1.54, 1.807) is 24.3 Å². The van der Waals surface area contributed by atoms with E-state index in [0.717, 1.165) is 22.3 Å². The number of fused-ring (bicyclic) bond motifs is 1. The fourth-order valence-corrected chi connectivity index (χ4v) is 2.29. The number of rotatable bonds is 2. The maximum atomic E-state index is 12.1. The highest BCUT2D eigenvalue weighted by Crippen LogP contribution is 2.20. The van der Waals surface area contributed by atoms with Crippen LogP contribution < -0.4 is 5.32 Å². The number of aromatic amines is 1. The van der Waals surface area contributed by atoms with Gasteiger partial charge in [-0.2, -0.15) is 0 Å². The van der Waals surface area contributed by atoms with Crippen LogP contribution in [0.2, 0.25) is 5.02 Å². The molecule has 0 aliphatic heterocycles. The zero-order valence-corrected chi connectivity index (χ0v) is 11.7. The third kappa shape index (κ3) is 2.53. The predicted octanol–water partition coefficient (Wildman–Crippen LogP) is 4.38. The van der Waals surface area contributed by atoms with Crippen LogP contribution in [0.25, 0.3) is 10.9 Å². The Bertz CT molecular complexity index is 775. The Labute approximate surface area is 121 Å². The van der Waals surface area contributed by atoms with Crippen molar-refractivity contribution in [1.82, 2.24) is 4.98 Å². The van der Waals surface area contributed by atoms with Crippen molar-refractivity contribution < 1.29 is 4.79 Å². The molecule has 0 radical (unpaired) electrons. The first-order chi connectivity index (χ1) is 9.61. The van der Waals surface area contributed by atoms with Crippen molar-refractivity contribution in [3.63, 3.8) is 0 Å². The van der Waals surface area contributed by atoms with E-state index in [4.69, 9.17) is 11.6 Å². The summed E-state index contributed by atoms with van der Waals surface area (Å²) in [5, 5.41) is 4.58. The number of nitrogens with one attached hydrogen (secondary N) is 2. The number of amides is 1. The molecule has 100 valence electrons. The van der Waals surface area contributed by atoms with Crippen molar-refractivity contribution in [1.29, 1.82) is 0 Å². The molecule has 4 heteroatoms. The van der Waals surface area contributed by atoms with Crippen LogP contribution in [0.15, 0.2) is 48.5 Å². The van der Waals surface area contributed by atoms with Crippen LogP contribution in [0.3, 0.4) is 0 Å². The number of hydrogen-bond acceptors (Lipinski definition) is 1. The van der Waals surface area contributed by atoms with E-state index in [2.05, 4.69) is 10.3 Å². The van der Waals surface area contributed by atoms with E-state index in [1.165, 1.54) is 0 Å². The van der Waals surface area contributed by atoms with Crippen LogP contribution in [0, 0.1) is 6.92 Å². The molecule has 2 aromatic carbocycles. The van der Waals surface area contributed by atoms with Gasteiger partial charge in [-0.05, 0) is 55.5 Å². The van der Waals surface area contributed by atoms with E-state index in [9.17, 15) is 4.79 Å². The van der Waals surface area contributed by atoms with Gasteiger partial charge in [-0.25, -0.2) is 0 Å². The summed E-state index contributed by atoms with van der Waals surface area (Å²) in [5.41, 5.74) is 3.52. The van der Waals surface area contributed by atoms with Crippen LogP contribution in [0.1, 0.15) is 16.1 Å². The minimum atomic E-state index is -0.145. The van der Waals surface area contributed by atoms with E-state index < -0.39 is 0 Å². The second-order valence-electron chi connectivity index (χ2n) is 4.72. The van der Waals surface area contributed by atoms with E-state index >= 15 is 0 Å². The summed E-state index contributed by atoms with van der Waals surface area (Å²) in [6.45, 7) is 2.01. The Morgan fingerprint density at radius 1 is 1.10 bits per heavy atom. The van der Waals surface area contributed by atoms with Crippen LogP contribution in [0.4, 0.5) is 5.69 Å². The number of aromatic nitrogens is 1. The smallest absolute Gasteiger partial charge is 0.255 e. The van der Waals surface area contributed by atoms with Gasteiger partial charge in [0.15, 0.2) is 0 Å². The minimum Gasteiger partial charge on any atom is -0.359 e. The lowest BCUT2D eigenvalue weighted by atomic mass is 10.2. The molecule has 0 unspecified atom stereocenters. The van der Waals surface area contributed by atoms with Gasteiger partial charge in [-0.3, -0.25) is 4.79 Å². The van der Waals surface area contributed by atoms with Crippen molar-refractivity contribution in [2.45, 2.75) is 6.92 Å². The summed E-state index contributed by atoms with van der Waals surface area (Å²) in [4.78, 5) is 15.4. The monoisotopic (exact) mass is 284 g/mol. The molecule has 0 fully saturated rings. The molecule has 0 saturated carbocycles. The molecule has 2 N–H and O–H groups in total. The van der Waals surface area contributed by atoms with Crippen LogP contribution >= 0.6 is 11.6 Å². The summed E-state index contributed by atoms with van der Waals surface area (Å²) in [6, 6.07) is 14.7. The molecule has 1 amide bonds. The minimum absolute atomic E-state index is 0.145. The highest BCUT2D eigenvalue weighted by molar-refractivity contribution is 6.30. The van der Waals surface area contributed by atoms with Crippen molar-refractivity contribution in [2.24, 2.45) is 0 Å². The maximum absolute atomic E-state index is 12.1. The van der Waals surface area contributed by atoms with Crippen molar-refractivity contribution in [3.8, 4) is 0 Å². The summed E-state index contributed by atoms with van der Waals surface area (Å²) < 4.78 is 0. The lowest BCUT2D eigenvalue weighted by Crippen LogP contribution is -2.11. The highest BCUT2D eigenvalue weighted by Gasteiger charge is 2.06. The van der Waals surface area contributed by atoms with Gasteiger partial charge in [-0.1, -0.05) is 11.6 Å². The van der Waals surface area contributed by atoms with Gasteiger partial charge >= 0.3 is 0 Å². The molecule has 0 aliphatic rings. The summed E-state index contributed by atoms with van der Waals surface area (Å²) in [6.07, 6.45) is 0. The number of carbonyl (C=O) groups excluding carboxylic acids is 1. The third-order valence-corrected chi connectivity index (χ3v) is 3.37. The topological polar surface area (TPSA) is 44.9 Å². The fraction of sp³-hybridized carbons (Fsp3) is 0.0625. The Balaban J connectivity index is 1.84. The Morgan fingerprint density at radius 2 is 1.85 bits per heavy atom. The standard InChI is InChI=1S/C16H13ClN2O/c1-10-8-12-9-14(6-7-15(12)18-10)19-16(20)11-2-4-13(17)5-3-11/h2-9,18H,1H3,(H,19,20). The van der Waals surface area contributed by atoms with Gasteiger partial charge in [0.2, 0.25) is 0 Å². The van der Waals surface area contributed by atoms with E-state index in [1.807, 2.05) is 31.2 Å². The summed E-state index contributed by atoms with van der Waals surface area (Å²) in [7, 11) is 0. The molecule has 0 aliphatic carbocycles. The number of halogens is 1. The van der Waals surface area contributed by atoms with Crippen molar-refractivity contribution in [3.05, 3.63) is 64.8 Å². The molecule has 20 heavy (non-hydrogen) atoms. The molecule has 0 saturated heterocycles. The third-order valence-electron chi connectivity index (χ3n) is 3.12. The number of carbonyl (C=O) groups is 1. The number of H-pyrrole nitrogens is 1. The molecular formula is C16H13ClN2O. The largest absolute Gasteiger partial charge is 0.359 e. The van der Waals surface area contributed by atoms with Gasteiger partial charge < -0.3 is 10.3 Å². The second kappa shape index (κ2) is 5.02. The zero-order chi connectivity index (χ0) is 14.1. The molecular weight excluding hydrogens is 272 g/mol. The second-order valence-corrected chi connectivity index (χ2v) is 5.15. The van der Waals surface area contributed by atoms with E-state index in [-0.39, 0.29) is 5.91 Å². The first kappa shape index (κ1) is 12.8. The van der Waals surface area contributed by atoms with Crippen LogP contribution in [0.5, 0.6) is 0 Å². The van der Waals surface area contributed by atoms with Gasteiger partial charge in [0.05, 0.1) is 0 Å². The molecule has 0 bridgehead atoms. The predicted molar refractivity (Wildman–Crippen MR) is 82.4 cm³/mol. The summed E-state index contributed by atoms with van der Waals surface area (Å²) >= 11 is 5.81. The lowest BCUT2D eigenvalue weighted by Gasteiger charge is -2.05. The summed E-state index contributed by atoms with van der Waals surface area (Å²) in [5.74, 6) is -0.145. The first-order valence-corrected chi connectivity index (χ1v) is 6.66. The fourth-order valence-electron chi connectivity index (χ4n) is 2.16. The first-order valence-electron chi connectivity index (χ1n) is 6.28. The van der Waals surface area contributed by atoms with Crippen molar-refractivity contribution in [2.75, 3.05) is 5.32 Å². The quantitative estimate of drug-likeness (QED) is 0.720. The molecule has 1 heterocycles. The Morgan fingerprint density at radius 3 is 2.60 bits per heavy atom. The average molecular weight is 285 g/mol. The average Bonchev–Trinajstić information content (AvgIpc) is 2.78. The number of hydrogen-bond donors (Lipinski definition) is 2. The molecule has 1 aromatic heterocycles. The highest BCUT2D eigenvalue weighted by atomic mass is 35.5. The Kier molecular flexibility index (Phi) is 3.20. The number of benzene rings is 2. The van der Waals surface area contributed by atoms with Crippen LogP contribution in [-0.4, -0.2) is 10.9 Å². The molecule has 3 nitrogen and oxygen atoms in total. The molecule has 0 spiro atoms. The maximum Gasteiger partial charge on any atom is 0.255 e. The Hall–Kier alpha value is -2.26. The number of aryl methyl sites for hydroxylation is 1. The zero-order valence-electron chi connectivity index (χ0n) is 10.9. The lowest BCUT2D eigenvalue weighted by molar-refractivity contribution is 0.102. The molecule has 3 aromatic rings. The van der Waals surface area contributed by atoms with Gasteiger partial charge in [-0.15, -0.1) is 0 Å². The normalized spacial score (nSPS) is 10.7. The number of anilines is 1. The van der Waals surface area contributed by atoms with E-state index in [0.29, 0.717) is 10.6 Å². The molecule has 0 atom stereocenters. The molecule has 3 rings (SSSR count). The van der Waals surface area contributed by atoms with Gasteiger partial charge in [0, 0.05) is 32.9 Å².